The lowest BCUT2D eigenvalue weighted by molar-refractivity contribution is -0.199. The molecule has 0 aliphatic carbocycles. The molecule has 2 aliphatic heterocycles. The Morgan fingerprint density at radius 3 is 2.55 bits per heavy atom. The molecule has 2 heterocycles. The number of nitrogens with zero attached hydrogens (tertiary/aromatic N) is 6. The third-order valence-electron chi connectivity index (χ3n) is 4.78. The molecule has 2 saturated heterocycles. The summed E-state index contributed by atoms with van der Waals surface area (Å²) in [4.78, 5) is 23.1. The smallest absolute Gasteiger partial charge is 0.414 e. The molecule has 29 heavy (non-hydrogen) atoms. The molecule has 1 aromatic rings. The van der Waals surface area contributed by atoms with E-state index in [2.05, 4.69) is 10.0 Å². The van der Waals surface area contributed by atoms with Crippen molar-refractivity contribution in [2.45, 2.75) is 32.4 Å². The maximum Gasteiger partial charge on any atom is 0.414 e. The number of hydroxylamine groups is 2. The minimum absolute atomic E-state index is 0.0418. The first-order valence-corrected chi connectivity index (χ1v) is 9.34. The topological polar surface area (TPSA) is 94.0 Å². The van der Waals surface area contributed by atoms with Gasteiger partial charge in [0.1, 0.15) is 11.8 Å². The molecule has 9 nitrogen and oxygen atoms in total. The second kappa shape index (κ2) is 8.40. The number of benzene rings is 1. The highest BCUT2D eigenvalue weighted by atomic mass is 19.1. The zero-order chi connectivity index (χ0) is 21.2. The summed E-state index contributed by atoms with van der Waals surface area (Å²) in [5.41, 5.74) is 8.06. The Kier molecular flexibility index (Phi) is 6.11. The molecule has 0 spiro atoms. The number of carbonyl (C=O) groups excluding carboxylic acids is 1. The maximum absolute atomic E-state index is 14.9. The molecular weight excluding hydrogens is 386 g/mol. The second-order valence-electron chi connectivity index (χ2n) is 7.88. The SMILES string of the molecule is CC(C)(C)N1CCN(c2c(F)cc(N3C[C@H](CN=[N+]=[N-])OC3=O)cc2F)CCO1. The first-order valence-electron chi connectivity index (χ1n) is 9.34. The van der Waals surface area contributed by atoms with Crippen LogP contribution in [0.3, 0.4) is 0 Å². The number of cyclic esters (lactones) is 1. The van der Waals surface area contributed by atoms with Gasteiger partial charge in [-0.15, -0.1) is 0 Å². The number of ether oxygens (including phenoxy) is 1. The zero-order valence-electron chi connectivity index (χ0n) is 16.6. The lowest BCUT2D eigenvalue weighted by Crippen LogP contribution is -2.42. The van der Waals surface area contributed by atoms with E-state index in [-0.39, 0.29) is 30.0 Å². The first kappa shape index (κ1) is 21.1. The fraction of sp³-hybridized carbons (Fsp3) is 0.611. The van der Waals surface area contributed by atoms with Gasteiger partial charge in [0.05, 0.1) is 25.4 Å². The van der Waals surface area contributed by atoms with Gasteiger partial charge in [-0.05, 0) is 26.3 Å². The summed E-state index contributed by atoms with van der Waals surface area (Å²) in [5.74, 6) is -1.54. The monoisotopic (exact) mass is 410 g/mol. The van der Waals surface area contributed by atoms with E-state index in [0.29, 0.717) is 26.2 Å². The van der Waals surface area contributed by atoms with E-state index in [4.69, 9.17) is 15.1 Å². The Labute approximate surface area is 167 Å². The molecule has 158 valence electrons. The molecule has 2 fully saturated rings. The fourth-order valence-electron chi connectivity index (χ4n) is 3.37. The Balaban J connectivity index is 1.78. The molecule has 0 bridgehead atoms. The second-order valence-corrected chi connectivity index (χ2v) is 7.88. The number of amides is 1. The van der Waals surface area contributed by atoms with Crippen molar-refractivity contribution in [2.75, 3.05) is 49.1 Å². The highest BCUT2D eigenvalue weighted by Gasteiger charge is 2.34. The van der Waals surface area contributed by atoms with Crippen molar-refractivity contribution < 1.29 is 23.1 Å². The van der Waals surface area contributed by atoms with Crippen LogP contribution in [0.15, 0.2) is 17.2 Å². The molecule has 1 amide bonds. The van der Waals surface area contributed by atoms with Gasteiger partial charge in [-0.1, -0.05) is 5.11 Å². The molecule has 0 saturated carbocycles. The molecule has 0 aromatic heterocycles. The van der Waals surface area contributed by atoms with Crippen LogP contribution in [-0.2, 0) is 9.57 Å². The normalized spacial score (nSPS) is 21.0. The lowest BCUT2D eigenvalue weighted by Gasteiger charge is -2.33. The summed E-state index contributed by atoms with van der Waals surface area (Å²) in [7, 11) is 0. The Bertz CT molecular complexity index is 801. The van der Waals surface area contributed by atoms with Gasteiger partial charge in [0, 0.05) is 42.2 Å². The molecule has 0 N–H and O–H groups in total. The van der Waals surface area contributed by atoms with Gasteiger partial charge in [0.15, 0.2) is 11.6 Å². The van der Waals surface area contributed by atoms with Crippen LogP contribution in [0.1, 0.15) is 20.8 Å². The van der Waals surface area contributed by atoms with Crippen molar-refractivity contribution in [3.63, 3.8) is 0 Å². The van der Waals surface area contributed by atoms with Gasteiger partial charge in [0.25, 0.3) is 0 Å². The summed E-state index contributed by atoms with van der Waals surface area (Å²) < 4.78 is 34.8. The van der Waals surface area contributed by atoms with E-state index in [1.54, 1.807) is 9.96 Å². The predicted octanol–water partition coefficient (Wildman–Crippen LogP) is 3.45. The number of carbonyl (C=O) groups is 1. The van der Waals surface area contributed by atoms with E-state index < -0.39 is 23.8 Å². The summed E-state index contributed by atoms with van der Waals surface area (Å²) >= 11 is 0. The molecule has 2 aliphatic rings. The summed E-state index contributed by atoms with van der Waals surface area (Å²) in [5, 5.41) is 5.17. The number of hydrogen-bond acceptors (Lipinski definition) is 6. The van der Waals surface area contributed by atoms with Gasteiger partial charge in [-0.2, -0.15) is 5.06 Å². The van der Waals surface area contributed by atoms with Crippen molar-refractivity contribution in [2.24, 2.45) is 5.11 Å². The van der Waals surface area contributed by atoms with Crippen LogP contribution >= 0.6 is 0 Å². The van der Waals surface area contributed by atoms with Gasteiger partial charge >= 0.3 is 6.09 Å². The number of anilines is 2. The average Bonchev–Trinajstić information content (AvgIpc) is 2.84. The summed E-state index contributed by atoms with van der Waals surface area (Å²) in [6.07, 6.45) is -1.39. The molecule has 0 unspecified atom stereocenters. The van der Waals surface area contributed by atoms with Gasteiger partial charge in [-0.25, -0.2) is 13.6 Å². The minimum atomic E-state index is -0.768. The molecule has 1 aromatic carbocycles. The van der Waals surface area contributed by atoms with Gasteiger partial charge in [0.2, 0.25) is 0 Å². The summed E-state index contributed by atoms with van der Waals surface area (Å²) in [6, 6.07) is 2.23. The van der Waals surface area contributed by atoms with E-state index >= 15 is 0 Å². The summed E-state index contributed by atoms with van der Waals surface area (Å²) in [6.45, 7) is 7.54. The third kappa shape index (κ3) is 4.69. The van der Waals surface area contributed by atoms with E-state index in [0.717, 1.165) is 17.0 Å². The van der Waals surface area contributed by atoms with Crippen molar-refractivity contribution in [3.05, 3.63) is 34.2 Å². The molecular formula is C18H24F2N6O3. The van der Waals surface area contributed by atoms with Crippen molar-refractivity contribution in [3.8, 4) is 0 Å². The van der Waals surface area contributed by atoms with E-state index in [9.17, 15) is 13.6 Å². The zero-order valence-corrected chi connectivity index (χ0v) is 16.6. The largest absolute Gasteiger partial charge is 0.444 e. The Morgan fingerprint density at radius 1 is 1.24 bits per heavy atom. The number of hydrogen-bond donors (Lipinski definition) is 0. The Hall–Kier alpha value is -2.62. The highest BCUT2D eigenvalue weighted by Crippen LogP contribution is 2.31. The molecule has 1 atom stereocenters. The van der Waals surface area contributed by atoms with Crippen molar-refractivity contribution >= 4 is 17.5 Å². The van der Waals surface area contributed by atoms with Crippen LogP contribution in [0.5, 0.6) is 0 Å². The lowest BCUT2D eigenvalue weighted by atomic mass is 10.1. The van der Waals surface area contributed by atoms with Crippen LogP contribution in [0.4, 0.5) is 25.0 Å². The van der Waals surface area contributed by atoms with E-state index in [1.165, 1.54) is 0 Å². The van der Waals surface area contributed by atoms with Crippen LogP contribution < -0.4 is 9.80 Å². The van der Waals surface area contributed by atoms with E-state index in [1.807, 2.05) is 20.8 Å². The van der Waals surface area contributed by atoms with Crippen LogP contribution in [-0.4, -0.2) is 62.1 Å². The fourth-order valence-corrected chi connectivity index (χ4v) is 3.37. The number of azide groups is 1. The Morgan fingerprint density at radius 2 is 1.93 bits per heavy atom. The van der Waals surface area contributed by atoms with Gasteiger partial charge in [-0.3, -0.25) is 9.74 Å². The standard InChI is InChI=1S/C18H24F2N6O3/c1-18(2,3)26-5-4-24(6-7-28-26)16-14(19)8-12(9-15(16)20)25-11-13(10-22-23-21)29-17(25)27/h8-9,13H,4-7,10-11H2,1-3H3/t13-/m0/s1. The maximum atomic E-state index is 14.9. The first-order chi connectivity index (χ1) is 13.7. The average molecular weight is 410 g/mol. The van der Waals surface area contributed by atoms with Crippen LogP contribution in [0.25, 0.3) is 10.4 Å². The minimum Gasteiger partial charge on any atom is -0.444 e. The van der Waals surface area contributed by atoms with Crippen LogP contribution in [0.2, 0.25) is 0 Å². The highest BCUT2D eigenvalue weighted by molar-refractivity contribution is 5.90. The molecule has 0 radical (unpaired) electrons. The quantitative estimate of drug-likeness (QED) is 0.430. The molecule has 11 heteroatoms. The number of rotatable bonds is 4. The predicted molar refractivity (Wildman–Crippen MR) is 103 cm³/mol. The van der Waals surface area contributed by atoms with Crippen LogP contribution in [0, 0.1) is 11.6 Å². The number of halogens is 2. The third-order valence-corrected chi connectivity index (χ3v) is 4.78. The van der Waals surface area contributed by atoms with Gasteiger partial charge < -0.3 is 9.64 Å². The van der Waals surface area contributed by atoms with Crippen molar-refractivity contribution in [1.82, 2.24) is 5.06 Å². The van der Waals surface area contributed by atoms with Crippen molar-refractivity contribution in [1.29, 1.82) is 0 Å². The molecule has 3 rings (SSSR count).